The Morgan fingerprint density at radius 2 is 1.96 bits per heavy atom. The maximum absolute atomic E-state index is 14.2. The molecule has 2 fully saturated rings. The summed E-state index contributed by atoms with van der Waals surface area (Å²) >= 11 is 0. The summed E-state index contributed by atoms with van der Waals surface area (Å²) in [5, 5.41) is -0.171. The lowest BCUT2D eigenvalue weighted by Gasteiger charge is -2.34. The number of hydrogen-bond acceptors (Lipinski definition) is 6. The van der Waals surface area contributed by atoms with Crippen LogP contribution in [-0.4, -0.2) is 65.3 Å². The maximum atomic E-state index is 14.2. The molecule has 0 aliphatic carbocycles. The molecule has 2 atom stereocenters. The number of alkyl halides is 2. The Morgan fingerprint density at radius 3 is 2.48 bits per heavy atom. The Morgan fingerprint density at radius 1 is 1.36 bits per heavy atom. The number of fused-ring (bicyclic) bond motifs is 2. The van der Waals surface area contributed by atoms with Crippen molar-refractivity contribution in [2.45, 2.75) is 38.3 Å². The second-order valence-electron chi connectivity index (χ2n) is 5.89. The van der Waals surface area contributed by atoms with Crippen molar-refractivity contribution < 1.29 is 40.4 Å². The first-order valence-corrected chi connectivity index (χ1v) is 8.44. The lowest BCUT2D eigenvalue weighted by molar-refractivity contribution is -0.154. The standard InChI is InChI=1S/C11H16F2N4O7S/c1-5(2)8(18)14-15-9(19)6-3-11(12,13)7-4-16(6)10(20)17(7)24-25(21,22)23/h5-7H,3-4H2,1-2H3,(H,14,18)(H,15,19)(H,21,22,23)/t6-,7-/m0/s1. The summed E-state index contributed by atoms with van der Waals surface area (Å²) in [6.45, 7) is 2.38. The van der Waals surface area contributed by atoms with Gasteiger partial charge in [0.2, 0.25) is 5.91 Å². The molecule has 0 spiro atoms. The summed E-state index contributed by atoms with van der Waals surface area (Å²) in [5.41, 5.74) is 3.97. The fourth-order valence-corrected chi connectivity index (χ4v) is 2.81. The highest BCUT2D eigenvalue weighted by atomic mass is 32.3. The molecule has 0 aromatic heterocycles. The van der Waals surface area contributed by atoms with Crippen molar-refractivity contribution in [1.82, 2.24) is 20.8 Å². The number of hydroxylamine groups is 2. The molecule has 14 heteroatoms. The summed E-state index contributed by atoms with van der Waals surface area (Å²) in [4.78, 5) is 36.2. The number of rotatable bonds is 4. The number of nitrogens with one attached hydrogen (secondary N) is 2. The first-order valence-electron chi connectivity index (χ1n) is 7.08. The number of halogens is 2. The van der Waals surface area contributed by atoms with Crippen LogP contribution in [0.1, 0.15) is 20.3 Å². The molecule has 0 aromatic carbocycles. The summed E-state index contributed by atoms with van der Waals surface area (Å²) in [6, 6.07) is -4.98. The van der Waals surface area contributed by atoms with Gasteiger partial charge in [0, 0.05) is 12.3 Å². The quantitative estimate of drug-likeness (QED) is 0.417. The molecule has 2 heterocycles. The molecule has 0 radical (unpaired) electrons. The highest BCUT2D eigenvalue weighted by Crippen LogP contribution is 2.40. The Hall–Kier alpha value is -2.06. The van der Waals surface area contributed by atoms with Crippen molar-refractivity contribution in [1.29, 1.82) is 0 Å². The predicted molar refractivity (Wildman–Crippen MR) is 74.8 cm³/mol. The molecule has 2 aliphatic rings. The van der Waals surface area contributed by atoms with Crippen LogP contribution >= 0.6 is 0 Å². The van der Waals surface area contributed by atoms with Crippen LogP contribution in [0.5, 0.6) is 0 Å². The second-order valence-corrected chi connectivity index (χ2v) is 6.90. The third-order valence-corrected chi connectivity index (χ3v) is 4.08. The molecule has 25 heavy (non-hydrogen) atoms. The van der Waals surface area contributed by atoms with Gasteiger partial charge in [-0.15, -0.1) is 4.28 Å². The minimum Gasteiger partial charge on any atom is -0.308 e. The largest absolute Gasteiger partial charge is 0.418 e. The van der Waals surface area contributed by atoms with Crippen LogP contribution in [0.25, 0.3) is 0 Å². The summed E-state index contributed by atoms with van der Waals surface area (Å²) < 4.78 is 62.4. The van der Waals surface area contributed by atoms with Crippen LogP contribution in [0.4, 0.5) is 13.6 Å². The van der Waals surface area contributed by atoms with E-state index in [0.717, 1.165) is 0 Å². The van der Waals surface area contributed by atoms with Crippen LogP contribution < -0.4 is 10.9 Å². The van der Waals surface area contributed by atoms with E-state index in [1.807, 2.05) is 10.9 Å². The fourth-order valence-electron chi connectivity index (χ4n) is 2.44. The van der Waals surface area contributed by atoms with E-state index in [1.54, 1.807) is 0 Å². The third kappa shape index (κ3) is 3.96. The molecule has 4 amide bonds. The lowest BCUT2D eigenvalue weighted by atomic mass is 9.96. The van der Waals surface area contributed by atoms with Crippen molar-refractivity contribution in [2.75, 3.05) is 6.54 Å². The molecular weight excluding hydrogens is 370 g/mol. The minimum absolute atomic E-state index is 0.171. The van der Waals surface area contributed by atoms with Crippen molar-refractivity contribution in [2.24, 2.45) is 5.92 Å². The van der Waals surface area contributed by atoms with Crippen LogP contribution in [0.3, 0.4) is 0 Å². The van der Waals surface area contributed by atoms with Gasteiger partial charge >= 0.3 is 16.4 Å². The first-order chi connectivity index (χ1) is 11.3. The number of amides is 4. The molecular formula is C11H16F2N4O7S. The number of carbonyl (C=O) groups is 3. The van der Waals surface area contributed by atoms with E-state index in [0.29, 0.717) is 4.90 Å². The van der Waals surface area contributed by atoms with Crippen molar-refractivity contribution in [3.8, 4) is 0 Å². The van der Waals surface area contributed by atoms with E-state index in [1.165, 1.54) is 13.8 Å². The SMILES string of the molecule is CC(C)C(=O)NNC(=O)[C@@H]1CC(F)(F)[C@@H]2CN1C(=O)N2OS(=O)(=O)O. The zero-order chi connectivity index (χ0) is 19.2. The van der Waals surface area contributed by atoms with E-state index in [4.69, 9.17) is 4.55 Å². The summed E-state index contributed by atoms with van der Waals surface area (Å²) in [5.74, 6) is -5.80. The number of urea groups is 1. The second kappa shape index (κ2) is 6.34. The van der Waals surface area contributed by atoms with E-state index in [-0.39, 0.29) is 5.06 Å². The van der Waals surface area contributed by atoms with Crippen molar-refractivity contribution in [3.63, 3.8) is 0 Å². The number of hydrazine groups is 1. The first kappa shape index (κ1) is 19.3. The van der Waals surface area contributed by atoms with Gasteiger partial charge in [-0.25, -0.2) is 13.6 Å². The molecule has 0 saturated carbocycles. The number of carbonyl (C=O) groups excluding carboxylic acids is 3. The Balaban J connectivity index is 2.17. The molecule has 142 valence electrons. The van der Waals surface area contributed by atoms with E-state index in [2.05, 4.69) is 4.28 Å². The van der Waals surface area contributed by atoms with Crippen molar-refractivity contribution in [3.05, 3.63) is 0 Å². The highest BCUT2D eigenvalue weighted by Gasteiger charge is 2.62. The van der Waals surface area contributed by atoms with Gasteiger partial charge in [0.15, 0.2) is 0 Å². The summed E-state index contributed by atoms with van der Waals surface area (Å²) in [7, 11) is -5.21. The highest BCUT2D eigenvalue weighted by molar-refractivity contribution is 7.80. The maximum Gasteiger partial charge on any atom is 0.418 e. The van der Waals surface area contributed by atoms with Crippen molar-refractivity contribution >= 4 is 28.2 Å². The molecule has 3 N–H and O–H groups in total. The Kier molecular flexibility index (Phi) is 4.89. The smallest absolute Gasteiger partial charge is 0.308 e. The lowest BCUT2D eigenvalue weighted by Crippen LogP contribution is -2.58. The zero-order valence-electron chi connectivity index (χ0n) is 13.1. The average Bonchev–Trinajstić information content (AvgIpc) is 2.74. The monoisotopic (exact) mass is 386 g/mol. The molecule has 0 aromatic rings. The Labute approximate surface area is 141 Å². The van der Waals surface area contributed by atoms with E-state index in [9.17, 15) is 31.6 Å². The molecule has 2 aliphatic heterocycles. The summed E-state index contributed by atoms with van der Waals surface area (Å²) in [6.07, 6.45) is -1.11. The van der Waals surface area contributed by atoms with Crippen LogP contribution in [0.15, 0.2) is 0 Å². The number of hydrogen-bond donors (Lipinski definition) is 3. The molecule has 0 unspecified atom stereocenters. The van der Waals surface area contributed by atoms with Gasteiger partial charge in [0.1, 0.15) is 12.1 Å². The fraction of sp³-hybridized carbons (Fsp3) is 0.727. The van der Waals surface area contributed by atoms with Gasteiger partial charge in [0.25, 0.3) is 11.8 Å². The molecule has 2 saturated heterocycles. The normalized spacial score (nSPS) is 25.3. The van der Waals surface area contributed by atoms with Gasteiger partial charge < -0.3 is 4.90 Å². The van der Waals surface area contributed by atoms with Gasteiger partial charge in [-0.3, -0.25) is 25.0 Å². The minimum atomic E-state index is -5.21. The van der Waals surface area contributed by atoms with Gasteiger partial charge in [0.05, 0.1) is 6.54 Å². The molecule has 11 nitrogen and oxygen atoms in total. The number of nitrogens with zero attached hydrogens (tertiary/aromatic N) is 2. The number of piperidine rings is 1. The molecule has 2 rings (SSSR count). The van der Waals surface area contributed by atoms with Gasteiger partial charge in [-0.05, 0) is 0 Å². The van der Waals surface area contributed by atoms with E-state index >= 15 is 0 Å². The van der Waals surface area contributed by atoms with Crippen LogP contribution in [0.2, 0.25) is 0 Å². The van der Waals surface area contributed by atoms with Crippen LogP contribution in [0, 0.1) is 5.92 Å². The molecule has 2 bridgehead atoms. The van der Waals surface area contributed by atoms with Gasteiger partial charge in [-0.1, -0.05) is 13.8 Å². The average molecular weight is 386 g/mol. The Bertz CT molecular complexity index is 699. The predicted octanol–water partition coefficient (Wildman–Crippen LogP) is -0.962. The van der Waals surface area contributed by atoms with E-state index < -0.39 is 65.1 Å². The topological polar surface area (TPSA) is 145 Å². The van der Waals surface area contributed by atoms with Crippen LogP contribution in [-0.2, 0) is 24.3 Å². The zero-order valence-corrected chi connectivity index (χ0v) is 13.9. The van der Waals surface area contributed by atoms with Gasteiger partial charge in [-0.2, -0.15) is 13.5 Å². The third-order valence-electron chi connectivity index (χ3n) is 3.73.